The normalized spacial score (nSPS) is 10.2. The van der Waals surface area contributed by atoms with Crippen LogP contribution in [0, 0.1) is 5.82 Å². The van der Waals surface area contributed by atoms with Crippen LogP contribution in [0.5, 0.6) is 0 Å². The van der Waals surface area contributed by atoms with Gasteiger partial charge in [0.1, 0.15) is 5.82 Å². The van der Waals surface area contributed by atoms with E-state index < -0.39 is 11.2 Å². The number of hydrogen-bond donors (Lipinski definition) is 2. The monoisotopic (exact) mass is 438 g/mol. The van der Waals surface area contributed by atoms with Crippen LogP contribution in [0.25, 0.3) is 11.4 Å². The van der Waals surface area contributed by atoms with E-state index in [1.807, 2.05) is 36.4 Å². The Morgan fingerprint density at radius 3 is 1.58 bits per heavy atom. The predicted octanol–water partition coefficient (Wildman–Crippen LogP) is 2.49. The number of rotatable bonds is 2. The van der Waals surface area contributed by atoms with Gasteiger partial charge in [0.05, 0.1) is 11.4 Å². The molecule has 2 N–H and O–H groups in total. The van der Waals surface area contributed by atoms with E-state index in [9.17, 15) is 4.39 Å². The number of hydrogen-bond acceptors (Lipinski definition) is 4. The summed E-state index contributed by atoms with van der Waals surface area (Å²) in [6, 6.07) is 16.5. The fourth-order valence-corrected chi connectivity index (χ4v) is 2.04. The van der Waals surface area contributed by atoms with Crippen LogP contribution in [0.15, 0.2) is 73.1 Å². The summed E-state index contributed by atoms with van der Waals surface area (Å²) in [7, 11) is 0. The van der Waals surface area contributed by atoms with Crippen LogP contribution in [-0.2, 0) is 17.1 Å². The summed E-state index contributed by atoms with van der Waals surface area (Å²) in [4.78, 5) is 8.37. The first-order valence-corrected chi connectivity index (χ1v) is 7.74. The van der Waals surface area contributed by atoms with Gasteiger partial charge in [-0.05, 0) is 36.4 Å². The fourth-order valence-electron chi connectivity index (χ4n) is 1.74. The number of nitrogens with zero attached hydrogens (tertiary/aromatic N) is 2. The summed E-state index contributed by atoms with van der Waals surface area (Å²) < 4.78 is 12.3. The number of aromatic nitrogens is 2. The summed E-state index contributed by atoms with van der Waals surface area (Å²) >= 11 is 2.66. The molecular weight excluding hydrogens is 425 g/mol. The maximum atomic E-state index is 12.3. The summed E-state index contributed by atoms with van der Waals surface area (Å²) in [5, 5.41) is 15.3. The molecule has 2 aromatic heterocycles. The van der Waals surface area contributed by atoms with E-state index in [0.717, 1.165) is 11.4 Å². The second kappa shape index (κ2) is 9.66. The minimum Gasteiger partial charge on any atom is -0.570 e. The van der Waals surface area contributed by atoms with E-state index in [0.29, 0.717) is 0 Å². The molecule has 1 aromatic carbocycles. The van der Waals surface area contributed by atoms with Gasteiger partial charge in [-0.25, -0.2) is 4.39 Å². The Balaban J connectivity index is 0.000000232. The van der Waals surface area contributed by atoms with Gasteiger partial charge in [-0.1, -0.05) is 24.3 Å². The number of benzene rings is 1. The SMILES string of the molecule is O[B-](O)(Br)c1ccc(F)cc1.[Cu+].c1ccc(-c2ccccn2)nc1. The molecule has 0 aliphatic rings. The van der Waals surface area contributed by atoms with Crippen molar-refractivity contribution in [2.24, 2.45) is 0 Å². The van der Waals surface area contributed by atoms with Crippen molar-refractivity contribution in [2.45, 2.75) is 0 Å². The van der Waals surface area contributed by atoms with Crippen LogP contribution >= 0.6 is 15.8 Å². The zero-order chi connectivity index (χ0) is 16.7. The number of halogens is 2. The van der Waals surface area contributed by atoms with E-state index in [1.54, 1.807) is 12.4 Å². The van der Waals surface area contributed by atoms with E-state index >= 15 is 0 Å². The van der Waals surface area contributed by atoms with E-state index in [1.165, 1.54) is 24.3 Å². The van der Waals surface area contributed by atoms with E-state index in [4.69, 9.17) is 10.0 Å². The van der Waals surface area contributed by atoms with Crippen molar-refractivity contribution in [2.75, 3.05) is 0 Å². The van der Waals surface area contributed by atoms with Crippen LogP contribution in [0.2, 0.25) is 0 Å². The van der Waals surface area contributed by atoms with Crippen LogP contribution in [-0.4, -0.2) is 25.4 Å². The Morgan fingerprint density at radius 1 is 0.792 bits per heavy atom. The van der Waals surface area contributed by atoms with Crippen molar-refractivity contribution in [3.8, 4) is 11.4 Å². The van der Waals surface area contributed by atoms with Crippen molar-refractivity contribution >= 4 is 26.6 Å². The molecule has 0 aliphatic heterocycles. The molecule has 3 aromatic rings. The third kappa shape index (κ3) is 6.51. The molecule has 24 heavy (non-hydrogen) atoms. The molecule has 0 saturated heterocycles. The number of pyridine rings is 2. The van der Waals surface area contributed by atoms with Gasteiger partial charge < -0.3 is 10.0 Å². The van der Waals surface area contributed by atoms with Crippen molar-refractivity contribution in [3.05, 3.63) is 78.9 Å². The molecule has 3 rings (SSSR count). The Morgan fingerprint density at radius 2 is 1.25 bits per heavy atom. The van der Waals surface area contributed by atoms with Crippen LogP contribution in [0.3, 0.4) is 0 Å². The quantitative estimate of drug-likeness (QED) is 0.602. The van der Waals surface area contributed by atoms with Crippen molar-refractivity contribution in [1.29, 1.82) is 0 Å². The molecule has 0 spiro atoms. The average molecular weight is 440 g/mol. The predicted molar refractivity (Wildman–Crippen MR) is 92.6 cm³/mol. The Hall–Kier alpha value is -1.57. The van der Waals surface area contributed by atoms with Gasteiger partial charge in [0, 0.05) is 12.4 Å². The molecule has 0 unspecified atom stereocenters. The summed E-state index contributed by atoms with van der Waals surface area (Å²) in [5.41, 5.74) is 2.09. The van der Waals surface area contributed by atoms with E-state index in [2.05, 4.69) is 25.7 Å². The van der Waals surface area contributed by atoms with Gasteiger partial charge in [-0.2, -0.15) is 0 Å². The maximum Gasteiger partial charge on any atom is 1.00 e. The van der Waals surface area contributed by atoms with Crippen molar-refractivity contribution in [1.82, 2.24) is 9.97 Å². The van der Waals surface area contributed by atoms with E-state index in [-0.39, 0.29) is 22.5 Å². The summed E-state index contributed by atoms with van der Waals surface area (Å²) in [5.74, 6) is -0.402. The third-order valence-electron chi connectivity index (χ3n) is 2.89. The first-order valence-electron chi connectivity index (χ1n) is 6.82. The molecule has 0 atom stereocenters. The molecule has 0 aliphatic carbocycles. The maximum absolute atomic E-state index is 12.3. The Bertz CT molecular complexity index is 691. The smallest absolute Gasteiger partial charge is 0.570 e. The molecule has 0 fully saturated rings. The third-order valence-corrected chi connectivity index (χ3v) is 3.42. The van der Waals surface area contributed by atoms with Crippen LogP contribution in [0.4, 0.5) is 4.39 Å². The zero-order valence-corrected chi connectivity index (χ0v) is 14.9. The molecule has 128 valence electrons. The molecule has 0 bridgehead atoms. The molecule has 4 nitrogen and oxygen atoms in total. The average Bonchev–Trinajstić information content (AvgIpc) is 2.57. The second-order valence-corrected chi connectivity index (χ2v) is 5.94. The summed E-state index contributed by atoms with van der Waals surface area (Å²) in [6.45, 7) is 0. The Labute approximate surface area is 158 Å². The van der Waals surface area contributed by atoms with Crippen molar-refractivity contribution < 1.29 is 31.5 Å². The van der Waals surface area contributed by atoms with Gasteiger partial charge in [-0.15, -0.1) is 5.46 Å². The molecule has 0 radical (unpaired) electrons. The van der Waals surface area contributed by atoms with Crippen LogP contribution < -0.4 is 5.46 Å². The topological polar surface area (TPSA) is 66.2 Å². The van der Waals surface area contributed by atoms with Gasteiger partial charge in [0.2, 0.25) is 0 Å². The first-order chi connectivity index (χ1) is 11.0. The minimum atomic E-state index is -2.67. The minimum absolute atomic E-state index is 0. The molecular formula is C16H14BBrCuFN2O2. The molecule has 0 saturated carbocycles. The van der Waals surface area contributed by atoms with Gasteiger partial charge >= 0.3 is 22.4 Å². The standard InChI is InChI=1S/C10H8N2.C6H6BBrFO2.Cu/c1-3-7-11-9(5-1)10-6-2-4-8-12-10;8-7(10,11)5-1-3-6(9)4-2-5;/h1-8H;1-4,10-11H;/q;-1;+1. The second-order valence-electron chi connectivity index (χ2n) is 4.66. The molecule has 8 heteroatoms. The van der Waals surface area contributed by atoms with Crippen LogP contribution in [0.1, 0.15) is 0 Å². The molecule has 2 heterocycles. The fraction of sp³-hybridized carbons (Fsp3) is 0. The van der Waals surface area contributed by atoms with Gasteiger partial charge in [0.25, 0.3) is 0 Å². The largest absolute Gasteiger partial charge is 1.00 e. The Kier molecular flexibility index (Phi) is 8.25. The first kappa shape index (κ1) is 20.5. The molecule has 0 amide bonds. The van der Waals surface area contributed by atoms with Crippen molar-refractivity contribution in [3.63, 3.8) is 0 Å². The summed E-state index contributed by atoms with van der Waals surface area (Å²) in [6.07, 6.45) is 3.54. The zero-order valence-electron chi connectivity index (χ0n) is 12.4. The van der Waals surface area contributed by atoms with Gasteiger partial charge in [-0.3, -0.25) is 25.7 Å². The van der Waals surface area contributed by atoms with Gasteiger partial charge in [0.15, 0.2) is 0 Å².